The Bertz CT molecular complexity index is 1270. The van der Waals surface area contributed by atoms with Gasteiger partial charge in [-0.25, -0.2) is 13.4 Å². The minimum Gasteiger partial charge on any atom is -0.438 e. The molecule has 2 aromatic carbocycles. The van der Waals surface area contributed by atoms with Crippen molar-refractivity contribution in [3.05, 3.63) is 71.4 Å². The van der Waals surface area contributed by atoms with E-state index >= 15 is 0 Å². The minimum atomic E-state index is -4.52. The number of carbonyl (C=O) groups is 1. The van der Waals surface area contributed by atoms with Gasteiger partial charge in [0.1, 0.15) is 0 Å². The summed E-state index contributed by atoms with van der Waals surface area (Å²) in [6, 6.07) is 8.54. The maximum Gasteiger partial charge on any atom is 0.416 e. The van der Waals surface area contributed by atoms with E-state index < -0.39 is 27.7 Å². The van der Waals surface area contributed by atoms with Gasteiger partial charge in [-0.15, -0.1) is 0 Å². The van der Waals surface area contributed by atoms with Crippen molar-refractivity contribution >= 4 is 27.3 Å². The highest BCUT2D eigenvalue weighted by atomic mass is 32.2. The summed E-state index contributed by atoms with van der Waals surface area (Å²) in [4.78, 5) is 16.2. The monoisotopic (exact) mass is 465 g/mol. The number of anilines is 2. The smallest absolute Gasteiger partial charge is 0.416 e. The second kappa shape index (κ2) is 7.97. The van der Waals surface area contributed by atoms with Crippen LogP contribution in [0.1, 0.15) is 33.8 Å². The van der Waals surface area contributed by atoms with E-state index in [0.29, 0.717) is 24.1 Å². The summed E-state index contributed by atoms with van der Waals surface area (Å²) in [5, 5.41) is 2.59. The van der Waals surface area contributed by atoms with Crippen molar-refractivity contribution in [2.45, 2.75) is 30.8 Å². The summed E-state index contributed by atoms with van der Waals surface area (Å²) >= 11 is 0. The third kappa shape index (κ3) is 4.07. The molecule has 0 spiro atoms. The van der Waals surface area contributed by atoms with Crippen molar-refractivity contribution in [1.82, 2.24) is 4.98 Å². The number of sulfonamides is 1. The topological polar surface area (TPSA) is 92.5 Å². The molecule has 1 aliphatic heterocycles. The maximum absolute atomic E-state index is 13.4. The summed E-state index contributed by atoms with van der Waals surface area (Å²) in [5.41, 5.74) is 0.466. The van der Waals surface area contributed by atoms with Crippen LogP contribution in [0.15, 0.2) is 58.2 Å². The van der Waals surface area contributed by atoms with Gasteiger partial charge in [-0.1, -0.05) is 6.07 Å². The van der Waals surface area contributed by atoms with Crippen LogP contribution in [0.25, 0.3) is 0 Å². The largest absolute Gasteiger partial charge is 0.438 e. The first kappa shape index (κ1) is 21.9. The quantitative estimate of drug-likeness (QED) is 0.619. The molecule has 0 saturated heterocycles. The lowest BCUT2D eigenvalue weighted by Crippen LogP contribution is -2.31. The van der Waals surface area contributed by atoms with Gasteiger partial charge in [0.25, 0.3) is 15.9 Å². The van der Waals surface area contributed by atoms with E-state index in [-0.39, 0.29) is 28.6 Å². The standard InChI is InChI=1S/C21H18F3N3O4S/c1-13-19(31-12-25-13)20(28)26-16-7-4-14-3-2-10-27(32(29,30)18(14)11-16)17-8-5-15(6-9-17)21(22,23)24/h4-9,11-12H,2-3,10H2,1H3,(H,26,28). The van der Waals surface area contributed by atoms with Crippen LogP contribution in [-0.4, -0.2) is 25.9 Å². The molecule has 7 nitrogen and oxygen atoms in total. The molecule has 1 aliphatic rings. The molecule has 0 atom stereocenters. The number of aromatic nitrogens is 1. The number of rotatable bonds is 3. The van der Waals surface area contributed by atoms with Gasteiger partial charge in [0, 0.05) is 12.2 Å². The summed E-state index contributed by atoms with van der Waals surface area (Å²) in [5.74, 6) is -0.570. The van der Waals surface area contributed by atoms with E-state index in [1.807, 2.05) is 0 Å². The third-order valence-electron chi connectivity index (χ3n) is 5.13. The van der Waals surface area contributed by atoms with Crippen LogP contribution in [0, 0.1) is 6.92 Å². The molecule has 0 radical (unpaired) electrons. The summed E-state index contributed by atoms with van der Waals surface area (Å²) in [6.07, 6.45) is -2.44. The number of nitrogens with one attached hydrogen (secondary N) is 1. The summed E-state index contributed by atoms with van der Waals surface area (Å²) < 4.78 is 71.5. The van der Waals surface area contributed by atoms with E-state index in [1.165, 1.54) is 6.07 Å². The average molecular weight is 465 g/mol. The highest BCUT2D eigenvalue weighted by Gasteiger charge is 2.33. The third-order valence-corrected chi connectivity index (χ3v) is 7.04. The molecule has 2 heterocycles. The molecule has 0 aliphatic carbocycles. The minimum absolute atomic E-state index is 0.00850. The molecular weight excluding hydrogens is 447 g/mol. The van der Waals surface area contributed by atoms with Gasteiger partial charge < -0.3 is 9.73 Å². The number of aryl methyl sites for hydroxylation is 2. The lowest BCUT2D eigenvalue weighted by molar-refractivity contribution is -0.137. The van der Waals surface area contributed by atoms with Gasteiger partial charge in [-0.2, -0.15) is 13.2 Å². The number of carbonyl (C=O) groups excluding carboxylic acids is 1. The zero-order valence-corrected chi connectivity index (χ0v) is 17.6. The van der Waals surface area contributed by atoms with Gasteiger partial charge in [0.15, 0.2) is 6.39 Å². The predicted molar refractivity (Wildman–Crippen MR) is 110 cm³/mol. The molecule has 11 heteroatoms. The van der Waals surface area contributed by atoms with E-state index in [4.69, 9.17) is 4.42 Å². The number of halogens is 3. The van der Waals surface area contributed by atoms with Crippen LogP contribution in [0.2, 0.25) is 0 Å². The Kier molecular flexibility index (Phi) is 5.45. The maximum atomic E-state index is 13.4. The number of nitrogens with zero attached hydrogens (tertiary/aromatic N) is 2. The number of fused-ring (bicyclic) bond motifs is 1. The Balaban J connectivity index is 1.67. The molecule has 32 heavy (non-hydrogen) atoms. The molecule has 4 rings (SSSR count). The summed E-state index contributed by atoms with van der Waals surface area (Å²) in [7, 11) is -4.08. The fraction of sp³-hybridized carbons (Fsp3) is 0.238. The Morgan fingerprint density at radius 1 is 1.16 bits per heavy atom. The first-order chi connectivity index (χ1) is 15.1. The molecule has 0 fully saturated rings. The molecule has 1 N–H and O–H groups in total. The van der Waals surface area contributed by atoms with Gasteiger partial charge in [0.05, 0.1) is 21.8 Å². The van der Waals surface area contributed by atoms with Crippen LogP contribution in [0.4, 0.5) is 24.5 Å². The Morgan fingerprint density at radius 3 is 2.50 bits per heavy atom. The number of hydrogen-bond acceptors (Lipinski definition) is 5. The first-order valence-corrected chi connectivity index (χ1v) is 11.1. The van der Waals surface area contributed by atoms with Crippen molar-refractivity contribution in [2.24, 2.45) is 0 Å². The van der Waals surface area contributed by atoms with Crippen LogP contribution in [-0.2, 0) is 22.6 Å². The second-order valence-corrected chi connectivity index (χ2v) is 9.10. The average Bonchev–Trinajstić information content (AvgIpc) is 3.12. The SMILES string of the molecule is Cc1ncoc1C(=O)Nc1ccc2c(c1)S(=O)(=O)N(c1ccc(C(F)(F)F)cc1)CCC2. The van der Waals surface area contributed by atoms with Gasteiger partial charge in [-0.3, -0.25) is 9.10 Å². The van der Waals surface area contributed by atoms with E-state index in [1.54, 1.807) is 19.1 Å². The van der Waals surface area contributed by atoms with Gasteiger partial charge in [-0.05, 0) is 61.7 Å². The van der Waals surface area contributed by atoms with Gasteiger partial charge in [0.2, 0.25) is 5.76 Å². The second-order valence-electron chi connectivity index (χ2n) is 7.27. The molecule has 168 valence electrons. The highest BCUT2D eigenvalue weighted by Crippen LogP contribution is 2.34. The molecule has 0 bridgehead atoms. The van der Waals surface area contributed by atoms with Crippen LogP contribution >= 0.6 is 0 Å². The zero-order chi connectivity index (χ0) is 23.1. The van der Waals surface area contributed by atoms with Crippen molar-refractivity contribution in [3.63, 3.8) is 0 Å². The van der Waals surface area contributed by atoms with Crippen molar-refractivity contribution in [3.8, 4) is 0 Å². The number of oxazole rings is 1. The molecular formula is C21H18F3N3O4S. The Labute approximate surface area is 181 Å². The van der Waals surface area contributed by atoms with Crippen LogP contribution in [0.5, 0.6) is 0 Å². The summed E-state index contributed by atoms with van der Waals surface area (Å²) in [6.45, 7) is 1.71. The van der Waals surface area contributed by atoms with Gasteiger partial charge >= 0.3 is 6.18 Å². The van der Waals surface area contributed by atoms with Crippen LogP contribution < -0.4 is 9.62 Å². The Morgan fingerprint density at radius 2 is 1.88 bits per heavy atom. The van der Waals surface area contributed by atoms with Crippen molar-refractivity contribution in [1.29, 1.82) is 0 Å². The number of amides is 1. The van der Waals surface area contributed by atoms with E-state index in [0.717, 1.165) is 35.0 Å². The van der Waals surface area contributed by atoms with Crippen LogP contribution in [0.3, 0.4) is 0 Å². The number of alkyl halides is 3. The predicted octanol–water partition coefficient (Wildman–Crippen LogP) is 4.40. The highest BCUT2D eigenvalue weighted by molar-refractivity contribution is 7.92. The molecule has 3 aromatic rings. The number of hydrogen-bond donors (Lipinski definition) is 1. The van der Waals surface area contributed by atoms with Crippen molar-refractivity contribution in [2.75, 3.05) is 16.2 Å². The Hall–Kier alpha value is -3.34. The first-order valence-electron chi connectivity index (χ1n) is 9.62. The fourth-order valence-electron chi connectivity index (χ4n) is 3.52. The molecule has 0 unspecified atom stereocenters. The zero-order valence-electron chi connectivity index (χ0n) is 16.8. The molecule has 1 amide bonds. The molecule has 1 aromatic heterocycles. The van der Waals surface area contributed by atoms with E-state index in [2.05, 4.69) is 10.3 Å². The fourth-order valence-corrected chi connectivity index (χ4v) is 5.31. The lowest BCUT2D eigenvalue weighted by Gasteiger charge is -2.23. The molecule has 0 saturated carbocycles. The number of benzene rings is 2. The normalized spacial score (nSPS) is 15.7. The lowest BCUT2D eigenvalue weighted by atomic mass is 10.1. The van der Waals surface area contributed by atoms with Crippen molar-refractivity contribution < 1.29 is 30.8 Å². The van der Waals surface area contributed by atoms with E-state index in [9.17, 15) is 26.4 Å².